The highest BCUT2D eigenvalue weighted by atomic mass is 35.5. The molecule has 0 atom stereocenters. The molecule has 5 nitrogen and oxygen atoms in total. The summed E-state index contributed by atoms with van der Waals surface area (Å²) in [4.78, 5) is 11.9. The van der Waals surface area contributed by atoms with Gasteiger partial charge in [0.25, 0.3) is 0 Å². The van der Waals surface area contributed by atoms with Crippen LogP contribution in [-0.2, 0) is 0 Å². The Morgan fingerprint density at radius 2 is 2.03 bits per heavy atom. The molecule has 4 aromatic rings. The number of pyridine rings is 2. The van der Waals surface area contributed by atoms with Gasteiger partial charge in [-0.3, -0.25) is 9.97 Å². The van der Waals surface area contributed by atoms with Gasteiger partial charge in [-0.05, 0) is 55.8 Å². The molecule has 0 aliphatic heterocycles. The Balaban J connectivity index is 1.83. The SMILES string of the molecule is Cc1ncc(C#N)c(Nc2cc(Cl)c3[nH]ccc3c2C)c1C=Cc1ccccn1. The summed E-state index contributed by atoms with van der Waals surface area (Å²) in [5, 5.41) is 14.7. The van der Waals surface area contributed by atoms with Crippen molar-refractivity contribution < 1.29 is 0 Å². The largest absolute Gasteiger partial charge is 0.360 e. The summed E-state index contributed by atoms with van der Waals surface area (Å²) in [5.41, 5.74) is 6.41. The van der Waals surface area contributed by atoms with Gasteiger partial charge in [-0.2, -0.15) is 5.26 Å². The molecule has 2 N–H and O–H groups in total. The van der Waals surface area contributed by atoms with Crippen molar-refractivity contribution >= 4 is 46.0 Å². The fraction of sp³-hybridized carbons (Fsp3) is 0.0870. The van der Waals surface area contributed by atoms with E-state index in [2.05, 4.69) is 26.3 Å². The second kappa shape index (κ2) is 7.78. The van der Waals surface area contributed by atoms with Crippen molar-refractivity contribution in [3.63, 3.8) is 0 Å². The first kappa shape index (κ1) is 18.7. The van der Waals surface area contributed by atoms with Crippen molar-refractivity contribution in [1.82, 2.24) is 15.0 Å². The number of fused-ring (bicyclic) bond motifs is 1. The fourth-order valence-corrected chi connectivity index (χ4v) is 3.55. The van der Waals surface area contributed by atoms with E-state index in [1.54, 1.807) is 12.4 Å². The van der Waals surface area contributed by atoms with Gasteiger partial charge >= 0.3 is 0 Å². The third-order valence-electron chi connectivity index (χ3n) is 4.87. The average Bonchev–Trinajstić information content (AvgIpc) is 3.23. The molecule has 0 radical (unpaired) electrons. The molecule has 0 fully saturated rings. The van der Waals surface area contributed by atoms with E-state index in [0.717, 1.165) is 39.1 Å². The molecular weight excluding hydrogens is 382 g/mol. The molecule has 4 rings (SSSR count). The third-order valence-corrected chi connectivity index (χ3v) is 5.17. The fourth-order valence-electron chi connectivity index (χ4n) is 3.28. The molecule has 0 amide bonds. The van der Waals surface area contributed by atoms with Crippen LogP contribution in [-0.4, -0.2) is 15.0 Å². The van der Waals surface area contributed by atoms with Crippen molar-refractivity contribution in [2.75, 3.05) is 5.32 Å². The van der Waals surface area contributed by atoms with E-state index in [4.69, 9.17) is 11.6 Å². The number of nitrogens with one attached hydrogen (secondary N) is 2. The quantitative estimate of drug-likeness (QED) is 0.440. The highest BCUT2D eigenvalue weighted by Gasteiger charge is 2.15. The van der Waals surface area contributed by atoms with E-state index in [1.807, 2.05) is 62.5 Å². The van der Waals surface area contributed by atoms with Crippen LogP contribution in [0, 0.1) is 25.2 Å². The Bertz CT molecular complexity index is 1270. The number of nitrogens with zero attached hydrogens (tertiary/aromatic N) is 3. The summed E-state index contributed by atoms with van der Waals surface area (Å²) < 4.78 is 0. The van der Waals surface area contributed by atoms with Crippen LogP contribution in [0.5, 0.6) is 0 Å². The Kier molecular flexibility index (Phi) is 5.03. The molecular formula is C23H18ClN5. The molecule has 1 aromatic carbocycles. The van der Waals surface area contributed by atoms with Crippen molar-refractivity contribution in [2.45, 2.75) is 13.8 Å². The zero-order chi connectivity index (χ0) is 20.4. The van der Waals surface area contributed by atoms with Gasteiger partial charge in [-0.15, -0.1) is 0 Å². The van der Waals surface area contributed by atoms with E-state index in [0.29, 0.717) is 16.3 Å². The first-order valence-electron chi connectivity index (χ1n) is 9.10. The van der Waals surface area contributed by atoms with E-state index < -0.39 is 0 Å². The molecule has 3 heterocycles. The Morgan fingerprint density at radius 3 is 2.79 bits per heavy atom. The second-order valence-electron chi connectivity index (χ2n) is 6.67. The van der Waals surface area contributed by atoms with Gasteiger partial charge in [0, 0.05) is 40.9 Å². The first-order valence-corrected chi connectivity index (χ1v) is 9.48. The van der Waals surface area contributed by atoms with Crippen LogP contribution in [0.25, 0.3) is 23.1 Å². The lowest BCUT2D eigenvalue weighted by atomic mass is 10.0. The van der Waals surface area contributed by atoms with Crippen LogP contribution in [0.2, 0.25) is 5.02 Å². The predicted octanol–water partition coefficient (Wildman–Crippen LogP) is 6.01. The number of anilines is 2. The average molecular weight is 400 g/mol. The molecule has 142 valence electrons. The molecule has 0 spiro atoms. The monoisotopic (exact) mass is 399 g/mol. The smallest absolute Gasteiger partial charge is 0.103 e. The minimum Gasteiger partial charge on any atom is -0.360 e. The van der Waals surface area contributed by atoms with Crippen LogP contribution in [0.4, 0.5) is 11.4 Å². The predicted molar refractivity (Wildman–Crippen MR) is 118 cm³/mol. The number of aromatic amines is 1. The van der Waals surface area contributed by atoms with Gasteiger partial charge in [0.05, 0.1) is 27.5 Å². The van der Waals surface area contributed by atoms with E-state index in [-0.39, 0.29) is 0 Å². The van der Waals surface area contributed by atoms with Crippen molar-refractivity contribution in [3.8, 4) is 6.07 Å². The standard InChI is InChI=1S/C23H18ClN5/c1-14-18-8-10-27-23(18)20(24)11-21(14)29-22-16(12-25)13-28-15(2)19(22)7-6-17-5-3-4-9-26-17/h3-11,13,27H,1-2H3,(H,28,29). The zero-order valence-electron chi connectivity index (χ0n) is 16.0. The zero-order valence-corrected chi connectivity index (χ0v) is 16.7. The number of H-pyrrole nitrogens is 1. The number of hydrogen-bond donors (Lipinski definition) is 2. The summed E-state index contributed by atoms with van der Waals surface area (Å²) in [5.74, 6) is 0. The Morgan fingerprint density at radius 1 is 1.17 bits per heavy atom. The summed E-state index contributed by atoms with van der Waals surface area (Å²) in [6, 6.07) is 11.8. The topological polar surface area (TPSA) is 77.4 Å². The molecule has 6 heteroatoms. The molecule has 0 aliphatic carbocycles. The van der Waals surface area contributed by atoms with Crippen molar-refractivity contribution in [2.24, 2.45) is 0 Å². The van der Waals surface area contributed by atoms with Gasteiger partial charge in [-0.25, -0.2) is 0 Å². The van der Waals surface area contributed by atoms with E-state index in [1.165, 1.54) is 0 Å². The molecule has 3 aromatic heterocycles. The lowest BCUT2D eigenvalue weighted by Crippen LogP contribution is -2.02. The summed E-state index contributed by atoms with van der Waals surface area (Å²) in [6.45, 7) is 3.94. The summed E-state index contributed by atoms with van der Waals surface area (Å²) in [7, 11) is 0. The van der Waals surface area contributed by atoms with Crippen molar-refractivity contribution in [3.05, 3.63) is 82.0 Å². The van der Waals surface area contributed by atoms with Gasteiger partial charge in [0.2, 0.25) is 0 Å². The summed E-state index contributed by atoms with van der Waals surface area (Å²) >= 11 is 6.46. The van der Waals surface area contributed by atoms with Crippen molar-refractivity contribution in [1.29, 1.82) is 5.26 Å². The minimum atomic E-state index is 0.459. The number of benzene rings is 1. The maximum absolute atomic E-state index is 9.66. The van der Waals surface area contributed by atoms with E-state index in [9.17, 15) is 5.26 Å². The number of aromatic nitrogens is 3. The number of nitriles is 1. The summed E-state index contributed by atoms with van der Waals surface area (Å²) in [6.07, 6.45) is 9.03. The highest BCUT2D eigenvalue weighted by molar-refractivity contribution is 6.35. The van der Waals surface area contributed by atoms with Crippen LogP contribution in [0.15, 0.2) is 48.9 Å². The second-order valence-corrected chi connectivity index (χ2v) is 7.08. The van der Waals surface area contributed by atoms with Gasteiger partial charge in [0.1, 0.15) is 6.07 Å². The highest BCUT2D eigenvalue weighted by Crippen LogP contribution is 2.35. The number of hydrogen-bond acceptors (Lipinski definition) is 4. The Hall–Kier alpha value is -3.62. The maximum Gasteiger partial charge on any atom is 0.103 e. The first-order chi connectivity index (χ1) is 14.1. The number of rotatable bonds is 4. The van der Waals surface area contributed by atoms with Crippen LogP contribution in [0.1, 0.15) is 28.1 Å². The normalized spacial score (nSPS) is 11.1. The third kappa shape index (κ3) is 3.58. The lowest BCUT2D eigenvalue weighted by Gasteiger charge is -2.16. The van der Waals surface area contributed by atoms with Gasteiger partial charge in [0.15, 0.2) is 0 Å². The number of aryl methyl sites for hydroxylation is 2. The lowest BCUT2D eigenvalue weighted by molar-refractivity contribution is 1.18. The molecule has 0 bridgehead atoms. The number of halogens is 1. The van der Waals surface area contributed by atoms with Gasteiger partial charge < -0.3 is 10.3 Å². The molecule has 29 heavy (non-hydrogen) atoms. The van der Waals surface area contributed by atoms with Crippen LogP contribution >= 0.6 is 11.6 Å². The molecule has 0 saturated carbocycles. The molecule has 0 unspecified atom stereocenters. The molecule has 0 aliphatic rings. The van der Waals surface area contributed by atoms with Crippen LogP contribution < -0.4 is 5.32 Å². The van der Waals surface area contributed by atoms with Gasteiger partial charge in [-0.1, -0.05) is 17.7 Å². The van der Waals surface area contributed by atoms with Crippen LogP contribution in [0.3, 0.4) is 0 Å². The maximum atomic E-state index is 9.66. The minimum absolute atomic E-state index is 0.459. The molecule has 0 saturated heterocycles. The van der Waals surface area contributed by atoms with E-state index >= 15 is 0 Å². The Labute approximate surface area is 173 Å².